The first-order chi connectivity index (χ1) is 7.08. The maximum absolute atomic E-state index is 11.2. The first-order valence-corrected chi connectivity index (χ1v) is 5.10. The molecule has 0 saturated carbocycles. The molecule has 0 fully saturated rings. The molecule has 0 bridgehead atoms. The van der Waals surface area contributed by atoms with Crippen molar-refractivity contribution in [1.29, 1.82) is 0 Å². The standard InChI is InChI=1S/C12H13ClO2/c1-9(2)15-12(14)8-5-10-3-6-11(13)7-4-10/h3-9H,1-2H3/b8-5-. The predicted molar refractivity (Wildman–Crippen MR) is 61.7 cm³/mol. The summed E-state index contributed by atoms with van der Waals surface area (Å²) >= 11 is 5.73. The van der Waals surface area contributed by atoms with Gasteiger partial charge >= 0.3 is 5.97 Å². The Morgan fingerprint density at radius 3 is 2.47 bits per heavy atom. The summed E-state index contributed by atoms with van der Waals surface area (Å²) in [6.45, 7) is 3.63. The maximum Gasteiger partial charge on any atom is 0.331 e. The van der Waals surface area contributed by atoms with Gasteiger partial charge in [-0.25, -0.2) is 4.79 Å². The number of ether oxygens (including phenoxy) is 1. The molecule has 1 rings (SSSR count). The average molecular weight is 225 g/mol. The van der Waals surface area contributed by atoms with Crippen LogP contribution in [0.4, 0.5) is 0 Å². The Bertz CT molecular complexity index is 352. The molecule has 1 aromatic carbocycles. The van der Waals surface area contributed by atoms with E-state index in [9.17, 15) is 4.79 Å². The summed E-state index contributed by atoms with van der Waals surface area (Å²) in [6.07, 6.45) is 3.01. The van der Waals surface area contributed by atoms with Gasteiger partial charge in [0.15, 0.2) is 0 Å². The van der Waals surface area contributed by atoms with Crippen LogP contribution in [0.5, 0.6) is 0 Å². The average Bonchev–Trinajstić information content (AvgIpc) is 2.16. The lowest BCUT2D eigenvalue weighted by Crippen LogP contribution is -2.08. The third-order valence-electron chi connectivity index (χ3n) is 1.63. The number of carbonyl (C=O) groups is 1. The number of carbonyl (C=O) groups excluding carboxylic acids is 1. The van der Waals surface area contributed by atoms with Crippen molar-refractivity contribution in [2.75, 3.05) is 0 Å². The van der Waals surface area contributed by atoms with E-state index in [2.05, 4.69) is 0 Å². The van der Waals surface area contributed by atoms with E-state index < -0.39 is 0 Å². The van der Waals surface area contributed by atoms with Crippen LogP contribution in [0.1, 0.15) is 19.4 Å². The molecule has 15 heavy (non-hydrogen) atoms. The van der Waals surface area contributed by atoms with Crippen LogP contribution >= 0.6 is 11.6 Å². The molecule has 0 unspecified atom stereocenters. The van der Waals surface area contributed by atoms with Gasteiger partial charge in [-0.3, -0.25) is 0 Å². The van der Waals surface area contributed by atoms with Gasteiger partial charge in [-0.15, -0.1) is 0 Å². The van der Waals surface area contributed by atoms with Gasteiger partial charge in [0.2, 0.25) is 0 Å². The summed E-state index contributed by atoms with van der Waals surface area (Å²) in [4.78, 5) is 11.2. The van der Waals surface area contributed by atoms with Crippen LogP contribution in [0, 0.1) is 0 Å². The first-order valence-electron chi connectivity index (χ1n) is 4.72. The van der Waals surface area contributed by atoms with E-state index in [4.69, 9.17) is 16.3 Å². The quantitative estimate of drug-likeness (QED) is 0.582. The summed E-state index contributed by atoms with van der Waals surface area (Å²) in [5.41, 5.74) is 0.917. The smallest absolute Gasteiger partial charge is 0.331 e. The Labute approximate surface area is 94.5 Å². The molecule has 2 nitrogen and oxygen atoms in total. The monoisotopic (exact) mass is 224 g/mol. The van der Waals surface area contributed by atoms with Gasteiger partial charge in [0.1, 0.15) is 0 Å². The predicted octanol–water partition coefficient (Wildman–Crippen LogP) is 3.30. The van der Waals surface area contributed by atoms with Crippen LogP contribution in [0.25, 0.3) is 6.08 Å². The molecule has 0 N–H and O–H groups in total. The molecule has 3 heteroatoms. The highest BCUT2D eigenvalue weighted by Crippen LogP contribution is 2.10. The Morgan fingerprint density at radius 2 is 1.93 bits per heavy atom. The zero-order valence-corrected chi connectivity index (χ0v) is 9.49. The van der Waals surface area contributed by atoms with Gasteiger partial charge in [0.05, 0.1) is 6.10 Å². The number of hydrogen-bond donors (Lipinski definition) is 0. The minimum atomic E-state index is -0.333. The van der Waals surface area contributed by atoms with Crippen molar-refractivity contribution in [3.63, 3.8) is 0 Å². The molecule has 0 amide bonds. The van der Waals surface area contributed by atoms with E-state index in [0.717, 1.165) is 5.56 Å². The lowest BCUT2D eigenvalue weighted by molar-refractivity contribution is -0.141. The molecule has 0 atom stereocenters. The van der Waals surface area contributed by atoms with Gasteiger partial charge < -0.3 is 4.74 Å². The second-order valence-corrected chi connectivity index (χ2v) is 3.81. The Balaban J connectivity index is 2.57. The molecule has 0 aliphatic heterocycles. The number of esters is 1. The lowest BCUT2D eigenvalue weighted by Gasteiger charge is -2.03. The van der Waals surface area contributed by atoms with Crippen LogP contribution in [0.3, 0.4) is 0 Å². The van der Waals surface area contributed by atoms with Crippen molar-refractivity contribution in [1.82, 2.24) is 0 Å². The Morgan fingerprint density at radius 1 is 1.33 bits per heavy atom. The van der Waals surface area contributed by atoms with Crippen molar-refractivity contribution in [2.24, 2.45) is 0 Å². The number of halogens is 1. The van der Waals surface area contributed by atoms with E-state index in [0.29, 0.717) is 5.02 Å². The molecular formula is C12H13ClO2. The second kappa shape index (κ2) is 5.56. The summed E-state index contributed by atoms with van der Waals surface area (Å²) in [5, 5.41) is 0.678. The van der Waals surface area contributed by atoms with Crippen molar-refractivity contribution in [3.05, 3.63) is 40.9 Å². The van der Waals surface area contributed by atoms with Crippen LogP contribution in [0.15, 0.2) is 30.3 Å². The molecule has 0 heterocycles. The van der Waals surface area contributed by atoms with Gasteiger partial charge in [0.25, 0.3) is 0 Å². The molecule has 0 spiro atoms. The Kier molecular flexibility index (Phi) is 4.37. The van der Waals surface area contributed by atoms with E-state index in [1.54, 1.807) is 18.2 Å². The molecule has 1 aromatic rings. The molecule has 0 aliphatic rings. The zero-order valence-electron chi connectivity index (χ0n) is 8.74. The largest absolute Gasteiger partial charge is 0.460 e. The van der Waals surface area contributed by atoms with E-state index in [-0.39, 0.29) is 12.1 Å². The van der Waals surface area contributed by atoms with Gasteiger partial charge in [-0.1, -0.05) is 23.7 Å². The fourth-order valence-corrected chi connectivity index (χ4v) is 1.14. The minimum absolute atomic E-state index is 0.0904. The van der Waals surface area contributed by atoms with Crippen LogP contribution in [-0.2, 0) is 9.53 Å². The fourth-order valence-electron chi connectivity index (χ4n) is 1.01. The minimum Gasteiger partial charge on any atom is -0.460 e. The molecule has 0 aliphatic carbocycles. The van der Waals surface area contributed by atoms with Crippen molar-refractivity contribution in [2.45, 2.75) is 20.0 Å². The zero-order chi connectivity index (χ0) is 11.3. The molecular weight excluding hydrogens is 212 g/mol. The molecule has 80 valence electrons. The summed E-state index contributed by atoms with van der Waals surface area (Å²) in [6, 6.07) is 7.22. The van der Waals surface area contributed by atoms with Crippen LogP contribution < -0.4 is 0 Å². The van der Waals surface area contributed by atoms with Crippen molar-refractivity contribution in [3.8, 4) is 0 Å². The van der Waals surface area contributed by atoms with Crippen molar-refractivity contribution < 1.29 is 9.53 Å². The van der Waals surface area contributed by atoms with E-state index in [1.807, 2.05) is 26.0 Å². The third kappa shape index (κ3) is 4.66. The molecule has 0 radical (unpaired) electrons. The van der Waals surface area contributed by atoms with Crippen molar-refractivity contribution >= 4 is 23.6 Å². The molecule has 0 aromatic heterocycles. The van der Waals surface area contributed by atoms with E-state index >= 15 is 0 Å². The summed E-state index contributed by atoms with van der Waals surface area (Å²) in [5.74, 6) is -0.333. The molecule has 0 saturated heterocycles. The highest BCUT2D eigenvalue weighted by molar-refractivity contribution is 6.30. The van der Waals surface area contributed by atoms with Gasteiger partial charge in [0, 0.05) is 11.1 Å². The SMILES string of the molecule is CC(C)OC(=O)/C=C\c1ccc(Cl)cc1. The van der Waals surface area contributed by atoms with Gasteiger partial charge in [-0.2, -0.15) is 0 Å². The van der Waals surface area contributed by atoms with Gasteiger partial charge in [-0.05, 0) is 37.6 Å². The lowest BCUT2D eigenvalue weighted by atomic mass is 10.2. The first kappa shape index (κ1) is 11.8. The Hall–Kier alpha value is -1.28. The topological polar surface area (TPSA) is 26.3 Å². The maximum atomic E-state index is 11.2. The number of benzene rings is 1. The normalized spacial score (nSPS) is 10.9. The third-order valence-corrected chi connectivity index (χ3v) is 1.89. The highest BCUT2D eigenvalue weighted by atomic mass is 35.5. The van der Waals surface area contributed by atoms with Crippen LogP contribution in [-0.4, -0.2) is 12.1 Å². The number of hydrogen-bond acceptors (Lipinski definition) is 2. The highest BCUT2D eigenvalue weighted by Gasteiger charge is 1.99. The summed E-state index contributed by atoms with van der Waals surface area (Å²) < 4.78 is 4.94. The number of rotatable bonds is 3. The van der Waals surface area contributed by atoms with E-state index in [1.165, 1.54) is 6.08 Å². The summed E-state index contributed by atoms with van der Waals surface area (Å²) in [7, 11) is 0. The van der Waals surface area contributed by atoms with Crippen LogP contribution in [0.2, 0.25) is 5.02 Å². The second-order valence-electron chi connectivity index (χ2n) is 3.37. The fraction of sp³-hybridized carbons (Fsp3) is 0.250.